The normalized spacial score (nSPS) is 23.0. The van der Waals surface area contributed by atoms with Crippen molar-refractivity contribution in [2.75, 3.05) is 39.4 Å². The molecule has 204 valence electrons. The Bertz CT molecular complexity index is 1420. The van der Waals surface area contributed by atoms with Crippen LogP contribution in [0.25, 0.3) is 6.20 Å². The first kappa shape index (κ1) is 26.2. The minimum atomic E-state index is -0.835. The molecule has 8 heteroatoms. The summed E-state index contributed by atoms with van der Waals surface area (Å²) in [5.41, 5.74) is 1.01. The Hall–Kier alpha value is -3.07. The molecule has 2 aromatic carbocycles. The molecule has 0 spiro atoms. The third-order valence-corrected chi connectivity index (χ3v) is 9.35. The van der Waals surface area contributed by atoms with E-state index in [4.69, 9.17) is 0 Å². The van der Waals surface area contributed by atoms with Crippen LogP contribution in [0.4, 0.5) is 4.39 Å². The standard InChI is InChI=1S/C31H35FN4O2S/c32-28-9-5-4-8-24(28)18-34-14-10-26(27(20-34)23-6-2-1-3-7-23)30(37)36-15-12-31(38,13-16-36)21-35-19-25-11-17-39-29(25)33-22-35/h1-9,11,17,19,26-27,38H,10,12-16,18,20-22H2/t26-,27+/m1/s1. The number of carbonyl (C=O) groups is 1. The average Bonchev–Trinajstić information content (AvgIpc) is 3.43. The Balaban J connectivity index is 1.11. The fraction of sp³-hybridized carbons (Fsp3) is 0.419. The van der Waals surface area contributed by atoms with Crippen LogP contribution < -0.4 is 9.89 Å². The van der Waals surface area contributed by atoms with Gasteiger partial charge in [-0.1, -0.05) is 48.5 Å². The van der Waals surface area contributed by atoms with Gasteiger partial charge in [-0.15, -0.1) is 11.3 Å². The molecule has 6 nitrogen and oxygen atoms in total. The number of thiophene rings is 1. The molecule has 2 saturated heterocycles. The van der Waals surface area contributed by atoms with Crippen molar-refractivity contribution in [1.82, 2.24) is 14.7 Å². The van der Waals surface area contributed by atoms with Crippen LogP contribution in [0, 0.1) is 11.7 Å². The fourth-order valence-corrected chi connectivity index (χ4v) is 7.04. The highest BCUT2D eigenvalue weighted by Crippen LogP contribution is 2.36. The first-order valence-electron chi connectivity index (χ1n) is 13.8. The van der Waals surface area contributed by atoms with Gasteiger partial charge in [0.1, 0.15) is 17.2 Å². The zero-order valence-electron chi connectivity index (χ0n) is 22.1. The molecule has 0 unspecified atom stereocenters. The number of β-amino-alcohol motifs (C(OH)–C–C–N with tert-alkyl or cyclic N) is 1. The van der Waals surface area contributed by atoms with E-state index < -0.39 is 5.60 Å². The number of halogens is 1. The lowest BCUT2D eigenvalue weighted by molar-refractivity contribution is -0.142. The number of likely N-dealkylation sites (tertiary alicyclic amines) is 2. The number of piperidine rings is 2. The molecule has 3 aromatic rings. The smallest absolute Gasteiger partial charge is 0.226 e. The number of nitrogens with zero attached hydrogens (tertiary/aromatic N) is 4. The number of hydrogen-bond acceptors (Lipinski definition) is 6. The predicted octanol–water partition coefficient (Wildman–Crippen LogP) is 3.18. The summed E-state index contributed by atoms with van der Waals surface area (Å²) in [6.45, 7) is 4.20. The Morgan fingerprint density at radius 2 is 1.82 bits per heavy atom. The van der Waals surface area contributed by atoms with Crippen LogP contribution in [0.3, 0.4) is 0 Å². The molecular weight excluding hydrogens is 511 g/mol. The van der Waals surface area contributed by atoms with Crippen molar-refractivity contribution in [3.63, 3.8) is 0 Å². The summed E-state index contributed by atoms with van der Waals surface area (Å²) in [5, 5.41) is 14.5. The Morgan fingerprint density at radius 1 is 1.05 bits per heavy atom. The molecule has 0 saturated carbocycles. The van der Waals surface area contributed by atoms with Crippen molar-refractivity contribution in [3.8, 4) is 0 Å². The van der Waals surface area contributed by atoms with Crippen LogP contribution in [-0.2, 0) is 11.3 Å². The molecule has 1 amide bonds. The summed E-state index contributed by atoms with van der Waals surface area (Å²) in [4.78, 5) is 24.8. The molecular formula is C31H35FN4O2S. The molecule has 0 bridgehead atoms. The Morgan fingerprint density at radius 3 is 2.62 bits per heavy atom. The van der Waals surface area contributed by atoms with E-state index in [9.17, 15) is 14.3 Å². The molecule has 2 fully saturated rings. The first-order valence-corrected chi connectivity index (χ1v) is 14.7. The van der Waals surface area contributed by atoms with Crippen LogP contribution >= 0.6 is 11.3 Å². The average molecular weight is 547 g/mol. The molecule has 6 rings (SSSR count). The largest absolute Gasteiger partial charge is 0.388 e. The number of carbonyl (C=O) groups excluding carboxylic acids is 1. The summed E-state index contributed by atoms with van der Waals surface area (Å²) in [5.74, 6) is -0.0793. The summed E-state index contributed by atoms with van der Waals surface area (Å²) in [6.07, 6.45) is 3.94. The van der Waals surface area contributed by atoms with E-state index in [-0.39, 0.29) is 23.6 Å². The van der Waals surface area contributed by atoms with Crippen molar-refractivity contribution >= 4 is 23.4 Å². The summed E-state index contributed by atoms with van der Waals surface area (Å²) < 4.78 is 15.4. The van der Waals surface area contributed by atoms with Gasteiger partial charge in [0.05, 0.1) is 5.60 Å². The van der Waals surface area contributed by atoms with Crippen LogP contribution in [0.15, 0.2) is 71.0 Å². The van der Waals surface area contributed by atoms with E-state index in [0.29, 0.717) is 57.8 Å². The lowest BCUT2D eigenvalue weighted by atomic mass is 9.79. The predicted molar refractivity (Wildman–Crippen MR) is 151 cm³/mol. The van der Waals surface area contributed by atoms with Crippen LogP contribution in [0.1, 0.15) is 36.3 Å². The van der Waals surface area contributed by atoms with Crippen molar-refractivity contribution in [2.24, 2.45) is 10.9 Å². The van der Waals surface area contributed by atoms with E-state index in [1.54, 1.807) is 17.4 Å². The molecule has 1 N–H and O–H groups in total. The highest BCUT2D eigenvalue weighted by atomic mass is 32.1. The van der Waals surface area contributed by atoms with Gasteiger partial charge in [0.25, 0.3) is 0 Å². The fourth-order valence-electron chi connectivity index (χ4n) is 6.30. The van der Waals surface area contributed by atoms with Crippen molar-refractivity contribution in [2.45, 2.75) is 37.3 Å². The maximum atomic E-state index is 14.4. The number of rotatable bonds is 6. The van der Waals surface area contributed by atoms with E-state index >= 15 is 0 Å². The number of hydrogen-bond donors (Lipinski definition) is 1. The van der Waals surface area contributed by atoms with Gasteiger partial charge in [0.2, 0.25) is 5.91 Å². The van der Waals surface area contributed by atoms with Crippen LogP contribution in [0.2, 0.25) is 0 Å². The van der Waals surface area contributed by atoms with Gasteiger partial charge in [0.15, 0.2) is 0 Å². The quantitative estimate of drug-likeness (QED) is 0.516. The van der Waals surface area contributed by atoms with Gasteiger partial charge in [-0.05, 0) is 48.9 Å². The van der Waals surface area contributed by atoms with Crippen LogP contribution in [0.5, 0.6) is 0 Å². The second-order valence-corrected chi connectivity index (χ2v) is 12.0. The number of benzene rings is 2. The molecule has 4 heterocycles. The summed E-state index contributed by atoms with van der Waals surface area (Å²) in [7, 11) is 0. The molecule has 2 atom stereocenters. The molecule has 0 radical (unpaired) electrons. The molecule has 39 heavy (non-hydrogen) atoms. The Labute approximate surface area is 232 Å². The second-order valence-electron chi connectivity index (χ2n) is 11.1. The maximum Gasteiger partial charge on any atom is 0.226 e. The zero-order valence-corrected chi connectivity index (χ0v) is 22.9. The SMILES string of the molecule is O=C([C@@H]1CCN(Cc2ccccc2F)C[C@H]1c1ccccc1)N1CCC(O)(CN2C=c3ccsc3=NC2)CC1. The molecule has 1 aromatic heterocycles. The third kappa shape index (κ3) is 5.78. The highest BCUT2D eigenvalue weighted by Gasteiger charge is 2.41. The minimum Gasteiger partial charge on any atom is -0.388 e. The lowest BCUT2D eigenvalue weighted by Gasteiger charge is -2.44. The first-order chi connectivity index (χ1) is 19.0. The van der Waals surface area contributed by atoms with Crippen molar-refractivity contribution < 1.29 is 14.3 Å². The van der Waals surface area contributed by atoms with Crippen LogP contribution in [-0.4, -0.2) is 70.7 Å². The Kier molecular flexibility index (Phi) is 7.51. The van der Waals surface area contributed by atoms with Gasteiger partial charge < -0.3 is 14.9 Å². The molecule has 3 aliphatic rings. The summed E-state index contributed by atoms with van der Waals surface area (Å²) >= 11 is 1.64. The zero-order chi connectivity index (χ0) is 26.8. The number of fused-ring (bicyclic) bond motifs is 1. The maximum absolute atomic E-state index is 14.4. The van der Waals surface area contributed by atoms with E-state index in [1.807, 2.05) is 40.6 Å². The second kappa shape index (κ2) is 11.2. The molecule has 0 aliphatic carbocycles. The van der Waals surface area contributed by atoms with Gasteiger partial charge in [-0.25, -0.2) is 4.39 Å². The minimum absolute atomic E-state index is 0.0457. The number of amides is 1. The van der Waals surface area contributed by atoms with E-state index in [2.05, 4.69) is 39.2 Å². The van der Waals surface area contributed by atoms with Gasteiger partial charge in [-0.3, -0.25) is 14.7 Å². The monoisotopic (exact) mass is 546 g/mol. The third-order valence-electron chi connectivity index (χ3n) is 8.49. The topological polar surface area (TPSA) is 59.4 Å². The summed E-state index contributed by atoms with van der Waals surface area (Å²) in [6, 6.07) is 19.3. The van der Waals surface area contributed by atoms with Gasteiger partial charge in [0, 0.05) is 61.5 Å². The highest BCUT2D eigenvalue weighted by molar-refractivity contribution is 7.07. The van der Waals surface area contributed by atoms with E-state index in [1.165, 1.54) is 6.07 Å². The van der Waals surface area contributed by atoms with Crippen molar-refractivity contribution in [3.05, 3.63) is 92.9 Å². The van der Waals surface area contributed by atoms with Gasteiger partial charge >= 0.3 is 0 Å². The lowest BCUT2D eigenvalue weighted by Crippen LogP contribution is -2.54. The number of aliphatic hydroxyl groups is 1. The van der Waals surface area contributed by atoms with Gasteiger partial charge in [-0.2, -0.15) is 0 Å². The van der Waals surface area contributed by atoms with E-state index in [0.717, 1.165) is 28.4 Å². The molecule has 3 aliphatic heterocycles. The van der Waals surface area contributed by atoms with Crippen molar-refractivity contribution in [1.29, 1.82) is 0 Å².